The molecule has 0 saturated carbocycles. The van der Waals surface area contributed by atoms with E-state index in [1.165, 1.54) is 5.56 Å². The number of terminal acetylenes is 1. The molecule has 2 heteroatoms. The van der Waals surface area contributed by atoms with Gasteiger partial charge >= 0.3 is 0 Å². The lowest BCUT2D eigenvalue weighted by molar-refractivity contribution is 0.701. The van der Waals surface area contributed by atoms with E-state index < -0.39 is 0 Å². The van der Waals surface area contributed by atoms with Crippen molar-refractivity contribution in [1.82, 2.24) is 5.32 Å². The number of halogens is 1. The molecule has 0 spiro atoms. The summed E-state index contributed by atoms with van der Waals surface area (Å²) in [6.07, 6.45) is 5.89. The molecule has 0 aromatic heterocycles. The van der Waals surface area contributed by atoms with Crippen LogP contribution in [0.5, 0.6) is 0 Å². The Balaban J connectivity index is 2.30. The predicted molar refractivity (Wildman–Crippen MR) is 56.6 cm³/mol. The summed E-state index contributed by atoms with van der Waals surface area (Å²) in [5.41, 5.74) is 1.22. The molecule has 1 rings (SSSR count). The lowest BCUT2D eigenvalue weighted by Crippen LogP contribution is -2.13. The van der Waals surface area contributed by atoms with Gasteiger partial charge in [-0.3, -0.25) is 0 Å². The van der Waals surface area contributed by atoms with Crippen molar-refractivity contribution in [3.8, 4) is 12.3 Å². The van der Waals surface area contributed by atoms with E-state index in [9.17, 15) is 0 Å². The van der Waals surface area contributed by atoms with Crippen LogP contribution in [0.4, 0.5) is 0 Å². The molecule has 0 saturated heterocycles. The minimum absolute atomic E-state index is 0.771. The van der Waals surface area contributed by atoms with Gasteiger partial charge in [-0.2, -0.15) is 0 Å². The first-order valence-electron chi connectivity index (χ1n) is 4.21. The maximum absolute atomic E-state index is 5.75. The van der Waals surface area contributed by atoms with Gasteiger partial charge in [0, 0.05) is 24.5 Å². The molecule has 68 valence electrons. The summed E-state index contributed by atoms with van der Waals surface area (Å²) < 4.78 is 0. The third-order valence-electron chi connectivity index (χ3n) is 1.69. The molecular weight excluding hydrogens is 182 g/mol. The highest BCUT2D eigenvalue weighted by molar-refractivity contribution is 6.30. The summed E-state index contributed by atoms with van der Waals surface area (Å²) >= 11 is 5.75. The summed E-state index contributed by atoms with van der Waals surface area (Å²) in [4.78, 5) is 0. The monoisotopic (exact) mass is 193 g/mol. The predicted octanol–water partition coefficient (Wildman–Crippen LogP) is 2.45. The summed E-state index contributed by atoms with van der Waals surface area (Å²) in [5, 5.41) is 4.01. The summed E-state index contributed by atoms with van der Waals surface area (Å²) in [7, 11) is 0. The Kier molecular flexibility index (Phi) is 4.39. The molecule has 1 aromatic rings. The van der Waals surface area contributed by atoms with Crippen LogP contribution in [0.25, 0.3) is 0 Å². The smallest absolute Gasteiger partial charge is 0.0406 e. The SMILES string of the molecule is C#CCCNCc1ccc(Cl)cc1. The van der Waals surface area contributed by atoms with Gasteiger partial charge in [-0.15, -0.1) is 12.3 Å². The minimum Gasteiger partial charge on any atom is -0.312 e. The van der Waals surface area contributed by atoms with E-state index >= 15 is 0 Å². The molecule has 0 aliphatic rings. The summed E-state index contributed by atoms with van der Waals surface area (Å²) in [6.45, 7) is 1.71. The molecule has 0 fully saturated rings. The van der Waals surface area contributed by atoms with Crippen LogP contribution < -0.4 is 5.32 Å². The average Bonchev–Trinajstić information content (AvgIpc) is 2.15. The van der Waals surface area contributed by atoms with E-state index in [4.69, 9.17) is 18.0 Å². The Labute approximate surface area is 84.1 Å². The van der Waals surface area contributed by atoms with Crippen molar-refractivity contribution in [2.24, 2.45) is 0 Å². The standard InChI is InChI=1S/C11H12ClN/c1-2-3-8-13-9-10-4-6-11(12)7-5-10/h1,4-7,13H,3,8-9H2. The van der Waals surface area contributed by atoms with E-state index in [1.807, 2.05) is 24.3 Å². The lowest BCUT2D eigenvalue weighted by Gasteiger charge is -2.02. The van der Waals surface area contributed by atoms with Gasteiger partial charge in [-0.1, -0.05) is 23.7 Å². The van der Waals surface area contributed by atoms with Gasteiger partial charge in [0.05, 0.1) is 0 Å². The third-order valence-corrected chi connectivity index (χ3v) is 1.94. The van der Waals surface area contributed by atoms with Crippen molar-refractivity contribution in [1.29, 1.82) is 0 Å². The van der Waals surface area contributed by atoms with Crippen LogP contribution in [-0.2, 0) is 6.54 Å². The Morgan fingerprint density at radius 2 is 2.00 bits per heavy atom. The second-order valence-corrected chi connectivity index (χ2v) is 3.19. The molecule has 0 amide bonds. The molecule has 0 aliphatic carbocycles. The van der Waals surface area contributed by atoms with Crippen molar-refractivity contribution in [3.63, 3.8) is 0 Å². The van der Waals surface area contributed by atoms with Gasteiger partial charge in [0.1, 0.15) is 0 Å². The highest BCUT2D eigenvalue weighted by atomic mass is 35.5. The van der Waals surface area contributed by atoms with Gasteiger partial charge in [-0.25, -0.2) is 0 Å². The number of nitrogens with one attached hydrogen (secondary N) is 1. The lowest BCUT2D eigenvalue weighted by atomic mass is 10.2. The molecule has 0 heterocycles. The number of benzene rings is 1. The van der Waals surface area contributed by atoms with E-state index in [0.717, 1.165) is 24.5 Å². The number of rotatable bonds is 4. The highest BCUT2D eigenvalue weighted by Crippen LogP contribution is 2.08. The van der Waals surface area contributed by atoms with Gasteiger partial charge in [0.25, 0.3) is 0 Å². The van der Waals surface area contributed by atoms with E-state index in [-0.39, 0.29) is 0 Å². The molecule has 1 N–H and O–H groups in total. The Morgan fingerprint density at radius 1 is 1.31 bits per heavy atom. The maximum atomic E-state index is 5.75. The van der Waals surface area contributed by atoms with Gasteiger partial charge in [-0.05, 0) is 17.7 Å². The van der Waals surface area contributed by atoms with E-state index in [0.29, 0.717) is 0 Å². The quantitative estimate of drug-likeness (QED) is 0.572. The zero-order valence-corrected chi connectivity index (χ0v) is 8.14. The van der Waals surface area contributed by atoms with Gasteiger partial charge in [0.15, 0.2) is 0 Å². The minimum atomic E-state index is 0.771. The van der Waals surface area contributed by atoms with Crippen LogP contribution in [0.15, 0.2) is 24.3 Å². The van der Waals surface area contributed by atoms with Gasteiger partial charge < -0.3 is 5.32 Å². The van der Waals surface area contributed by atoms with Crippen molar-refractivity contribution >= 4 is 11.6 Å². The molecular formula is C11H12ClN. The second-order valence-electron chi connectivity index (χ2n) is 2.76. The van der Waals surface area contributed by atoms with Crippen molar-refractivity contribution in [3.05, 3.63) is 34.9 Å². The van der Waals surface area contributed by atoms with Crippen LogP contribution >= 0.6 is 11.6 Å². The molecule has 0 atom stereocenters. The first-order valence-corrected chi connectivity index (χ1v) is 4.59. The fraction of sp³-hybridized carbons (Fsp3) is 0.273. The Hall–Kier alpha value is -0.970. The molecule has 13 heavy (non-hydrogen) atoms. The first kappa shape index (κ1) is 10.1. The summed E-state index contributed by atoms with van der Waals surface area (Å²) in [6, 6.07) is 7.79. The van der Waals surface area contributed by atoms with E-state index in [1.54, 1.807) is 0 Å². The molecule has 0 aliphatic heterocycles. The van der Waals surface area contributed by atoms with Gasteiger partial charge in [0.2, 0.25) is 0 Å². The first-order chi connectivity index (χ1) is 6.33. The fourth-order valence-corrected chi connectivity index (χ4v) is 1.12. The summed E-state index contributed by atoms with van der Waals surface area (Å²) in [5.74, 6) is 2.58. The average molecular weight is 194 g/mol. The topological polar surface area (TPSA) is 12.0 Å². The van der Waals surface area contributed by atoms with Crippen LogP contribution in [-0.4, -0.2) is 6.54 Å². The van der Waals surface area contributed by atoms with Crippen LogP contribution in [0.2, 0.25) is 5.02 Å². The molecule has 0 radical (unpaired) electrons. The van der Waals surface area contributed by atoms with Crippen molar-refractivity contribution in [2.45, 2.75) is 13.0 Å². The van der Waals surface area contributed by atoms with Crippen LogP contribution in [0.3, 0.4) is 0 Å². The second kappa shape index (κ2) is 5.64. The zero-order valence-electron chi connectivity index (χ0n) is 7.39. The normalized spacial score (nSPS) is 9.54. The molecule has 1 aromatic carbocycles. The maximum Gasteiger partial charge on any atom is 0.0406 e. The van der Waals surface area contributed by atoms with Crippen molar-refractivity contribution in [2.75, 3.05) is 6.54 Å². The third kappa shape index (κ3) is 3.98. The Bertz CT molecular complexity index is 284. The number of hydrogen-bond acceptors (Lipinski definition) is 1. The van der Waals surface area contributed by atoms with Crippen LogP contribution in [0.1, 0.15) is 12.0 Å². The Morgan fingerprint density at radius 3 is 2.62 bits per heavy atom. The zero-order chi connectivity index (χ0) is 9.52. The fourth-order valence-electron chi connectivity index (χ4n) is 0.996. The van der Waals surface area contributed by atoms with Crippen LogP contribution in [0, 0.1) is 12.3 Å². The molecule has 0 bridgehead atoms. The molecule has 1 nitrogen and oxygen atoms in total. The van der Waals surface area contributed by atoms with Crippen molar-refractivity contribution < 1.29 is 0 Å². The van der Waals surface area contributed by atoms with E-state index in [2.05, 4.69) is 11.2 Å². The largest absolute Gasteiger partial charge is 0.312 e. The molecule has 0 unspecified atom stereocenters. The highest BCUT2D eigenvalue weighted by Gasteiger charge is 1.91. The number of hydrogen-bond donors (Lipinski definition) is 1.